The van der Waals surface area contributed by atoms with Crippen LogP contribution >= 0.6 is 15.9 Å². The number of fused-ring (bicyclic) bond motifs is 1. The Kier molecular flexibility index (Phi) is 2.46. The Balaban J connectivity index is 2.36. The third-order valence-electron chi connectivity index (χ3n) is 2.34. The number of nitrogens with zero attached hydrogens (tertiary/aromatic N) is 1. The summed E-state index contributed by atoms with van der Waals surface area (Å²) in [6, 6.07) is 3.96. The topological polar surface area (TPSA) is 31.2 Å². The van der Waals surface area contributed by atoms with Crippen molar-refractivity contribution >= 4 is 28.0 Å². The van der Waals surface area contributed by atoms with Crippen LogP contribution in [0.15, 0.2) is 22.3 Å². The Morgan fingerprint density at radius 2 is 2.36 bits per heavy atom. The Bertz CT molecular complexity index is 406. The van der Waals surface area contributed by atoms with Crippen molar-refractivity contribution in [2.75, 3.05) is 7.11 Å². The number of halogens is 1. The van der Waals surface area contributed by atoms with Gasteiger partial charge in [-0.1, -0.05) is 0 Å². The number of carbonyl (C=O) groups excluding carboxylic acids is 1. The first kappa shape index (κ1) is 9.52. The van der Waals surface area contributed by atoms with Crippen LogP contribution < -0.4 is 0 Å². The van der Waals surface area contributed by atoms with Gasteiger partial charge in [-0.2, -0.15) is 0 Å². The van der Waals surface area contributed by atoms with Crippen molar-refractivity contribution in [1.29, 1.82) is 0 Å². The second-order valence-electron chi connectivity index (χ2n) is 3.14. The molecule has 2 rings (SSSR count). The van der Waals surface area contributed by atoms with Crippen LogP contribution in [0.25, 0.3) is 6.08 Å². The Labute approximate surface area is 90.5 Å². The standard InChI is InChI=1S/C10H10BrNO2/c1-14-10(13)7-4-5-12-8(6-7)2-3-9(12)11/h2-3,6H,4-5H2,1H3. The van der Waals surface area contributed by atoms with Gasteiger partial charge in [0.1, 0.15) is 0 Å². The molecule has 0 atom stereocenters. The van der Waals surface area contributed by atoms with Crippen LogP contribution in [0.1, 0.15) is 12.1 Å². The van der Waals surface area contributed by atoms with Gasteiger partial charge in [0.05, 0.1) is 11.7 Å². The summed E-state index contributed by atoms with van der Waals surface area (Å²) < 4.78 is 7.85. The summed E-state index contributed by atoms with van der Waals surface area (Å²) in [4.78, 5) is 11.3. The minimum Gasteiger partial charge on any atom is -0.466 e. The van der Waals surface area contributed by atoms with Gasteiger partial charge in [0.25, 0.3) is 0 Å². The summed E-state index contributed by atoms with van der Waals surface area (Å²) >= 11 is 3.44. The molecule has 0 saturated carbocycles. The summed E-state index contributed by atoms with van der Waals surface area (Å²) in [5.41, 5.74) is 1.79. The molecule has 0 N–H and O–H groups in total. The van der Waals surface area contributed by atoms with E-state index >= 15 is 0 Å². The lowest BCUT2D eigenvalue weighted by molar-refractivity contribution is -0.136. The maximum absolute atomic E-state index is 11.3. The average molecular weight is 256 g/mol. The van der Waals surface area contributed by atoms with E-state index in [-0.39, 0.29) is 5.97 Å². The second-order valence-corrected chi connectivity index (χ2v) is 3.96. The predicted octanol–water partition coefficient (Wildman–Crippen LogP) is 2.21. The Hall–Kier alpha value is -1.03. The van der Waals surface area contributed by atoms with Crippen LogP contribution in [-0.2, 0) is 16.1 Å². The van der Waals surface area contributed by atoms with E-state index < -0.39 is 0 Å². The first-order valence-electron chi connectivity index (χ1n) is 4.36. The molecule has 3 nitrogen and oxygen atoms in total. The molecule has 1 aromatic rings. The number of aromatic nitrogens is 1. The molecule has 74 valence electrons. The molecule has 0 saturated heterocycles. The van der Waals surface area contributed by atoms with Crippen LogP contribution in [0.2, 0.25) is 0 Å². The van der Waals surface area contributed by atoms with Crippen molar-refractivity contribution in [3.63, 3.8) is 0 Å². The van der Waals surface area contributed by atoms with Gasteiger partial charge >= 0.3 is 5.97 Å². The summed E-state index contributed by atoms with van der Waals surface area (Å²) in [5, 5.41) is 0. The van der Waals surface area contributed by atoms with Gasteiger partial charge < -0.3 is 9.30 Å². The van der Waals surface area contributed by atoms with E-state index in [9.17, 15) is 4.79 Å². The minimum atomic E-state index is -0.228. The highest BCUT2D eigenvalue weighted by molar-refractivity contribution is 9.10. The van der Waals surface area contributed by atoms with Gasteiger partial charge in [-0.3, -0.25) is 0 Å². The molecular weight excluding hydrogens is 246 g/mol. The van der Waals surface area contributed by atoms with Gasteiger partial charge in [0.2, 0.25) is 0 Å². The van der Waals surface area contributed by atoms with Gasteiger partial charge in [-0.25, -0.2) is 4.79 Å². The van der Waals surface area contributed by atoms with Crippen LogP contribution in [0.5, 0.6) is 0 Å². The molecule has 0 spiro atoms. The summed E-state index contributed by atoms with van der Waals surface area (Å²) in [5.74, 6) is -0.228. The molecule has 0 aliphatic carbocycles. The van der Waals surface area contributed by atoms with Crippen LogP contribution in [0.3, 0.4) is 0 Å². The molecule has 1 aromatic heterocycles. The fourth-order valence-electron chi connectivity index (χ4n) is 1.59. The largest absolute Gasteiger partial charge is 0.466 e. The lowest BCUT2D eigenvalue weighted by atomic mass is 10.1. The number of esters is 1. The SMILES string of the molecule is COC(=O)C1=Cc2ccc(Br)n2CC1. The van der Waals surface area contributed by atoms with Crippen molar-refractivity contribution in [3.05, 3.63) is 28.0 Å². The van der Waals surface area contributed by atoms with Gasteiger partial charge in [0, 0.05) is 17.8 Å². The Morgan fingerprint density at radius 1 is 1.57 bits per heavy atom. The van der Waals surface area contributed by atoms with Crippen LogP contribution in [0, 0.1) is 0 Å². The highest BCUT2D eigenvalue weighted by Crippen LogP contribution is 2.24. The molecule has 1 aliphatic rings. The Morgan fingerprint density at radius 3 is 3.07 bits per heavy atom. The van der Waals surface area contributed by atoms with Crippen molar-refractivity contribution in [2.24, 2.45) is 0 Å². The zero-order valence-electron chi connectivity index (χ0n) is 7.79. The van der Waals surface area contributed by atoms with Gasteiger partial charge in [0.15, 0.2) is 0 Å². The van der Waals surface area contributed by atoms with Crippen molar-refractivity contribution < 1.29 is 9.53 Å². The number of rotatable bonds is 1. The summed E-state index contributed by atoms with van der Waals surface area (Å²) in [6.45, 7) is 0.823. The molecule has 0 unspecified atom stereocenters. The zero-order chi connectivity index (χ0) is 10.1. The van der Waals surface area contributed by atoms with E-state index in [0.717, 1.165) is 28.8 Å². The number of hydrogen-bond donors (Lipinski definition) is 0. The number of methoxy groups -OCH3 is 1. The normalized spacial score (nSPS) is 14.6. The highest BCUT2D eigenvalue weighted by atomic mass is 79.9. The van der Waals surface area contributed by atoms with E-state index in [2.05, 4.69) is 25.2 Å². The molecule has 0 aromatic carbocycles. The van der Waals surface area contributed by atoms with Gasteiger partial charge in [-0.15, -0.1) is 0 Å². The van der Waals surface area contributed by atoms with E-state index in [1.165, 1.54) is 7.11 Å². The molecule has 0 bridgehead atoms. The summed E-state index contributed by atoms with van der Waals surface area (Å²) in [7, 11) is 1.41. The lowest BCUT2D eigenvalue weighted by Crippen LogP contribution is -2.13. The highest BCUT2D eigenvalue weighted by Gasteiger charge is 2.17. The predicted molar refractivity (Wildman–Crippen MR) is 56.7 cm³/mol. The fraction of sp³-hybridized carbons (Fsp3) is 0.300. The number of carbonyl (C=O) groups is 1. The quantitative estimate of drug-likeness (QED) is 0.721. The van der Waals surface area contributed by atoms with Gasteiger partial charge in [-0.05, 0) is 40.6 Å². The fourth-order valence-corrected chi connectivity index (χ4v) is 2.11. The van der Waals surface area contributed by atoms with Crippen LogP contribution in [-0.4, -0.2) is 17.6 Å². The van der Waals surface area contributed by atoms with Crippen molar-refractivity contribution in [1.82, 2.24) is 4.57 Å². The average Bonchev–Trinajstić information content (AvgIpc) is 2.59. The molecule has 14 heavy (non-hydrogen) atoms. The molecule has 0 radical (unpaired) electrons. The smallest absolute Gasteiger partial charge is 0.333 e. The van der Waals surface area contributed by atoms with E-state index in [1.807, 2.05) is 18.2 Å². The first-order chi connectivity index (χ1) is 6.72. The maximum atomic E-state index is 11.3. The molecule has 4 heteroatoms. The molecule has 2 heterocycles. The van der Waals surface area contributed by atoms with Crippen molar-refractivity contribution in [3.8, 4) is 0 Å². The third-order valence-corrected chi connectivity index (χ3v) is 3.03. The molecular formula is C10H10BrNO2. The van der Waals surface area contributed by atoms with Crippen LogP contribution in [0.4, 0.5) is 0 Å². The monoisotopic (exact) mass is 255 g/mol. The minimum absolute atomic E-state index is 0.228. The maximum Gasteiger partial charge on any atom is 0.333 e. The molecule has 0 fully saturated rings. The second kappa shape index (κ2) is 3.61. The summed E-state index contributed by atoms with van der Waals surface area (Å²) in [6.07, 6.45) is 2.60. The lowest BCUT2D eigenvalue weighted by Gasteiger charge is -2.15. The number of hydrogen-bond acceptors (Lipinski definition) is 2. The number of ether oxygens (including phenoxy) is 1. The van der Waals surface area contributed by atoms with E-state index in [1.54, 1.807) is 0 Å². The first-order valence-corrected chi connectivity index (χ1v) is 5.15. The molecule has 0 amide bonds. The molecule has 1 aliphatic heterocycles. The van der Waals surface area contributed by atoms with E-state index in [4.69, 9.17) is 0 Å². The van der Waals surface area contributed by atoms with Crippen molar-refractivity contribution in [2.45, 2.75) is 13.0 Å². The third kappa shape index (κ3) is 1.50. The zero-order valence-corrected chi connectivity index (χ0v) is 9.37. The van der Waals surface area contributed by atoms with E-state index in [0.29, 0.717) is 0 Å².